The Morgan fingerprint density at radius 1 is 1.16 bits per heavy atom. The van der Waals surface area contributed by atoms with Gasteiger partial charge in [0.15, 0.2) is 5.69 Å². The summed E-state index contributed by atoms with van der Waals surface area (Å²) in [4.78, 5) is 23.2. The van der Waals surface area contributed by atoms with Gasteiger partial charge in [-0.05, 0) is 38.0 Å². The first kappa shape index (κ1) is 28.8. The van der Waals surface area contributed by atoms with Gasteiger partial charge < -0.3 is 14.8 Å². The summed E-state index contributed by atoms with van der Waals surface area (Å²) in [5.74, 6) is -0.283. The molecule has 12 nitrogen and oxygen atoms in total. The van der Waals surface area contributed by atoms with Gasteiger partial charge in [-0.3, -0.25) is 14.9 Å². The van der Waals surface area contributed by atoms with Gasteiger partial charge in [0, 0.05) is 37.9 Å². The molecule has 1 amide bonds. The molecule has 1 heterocycles. The third kappa shape index (κ3) is 6.73. The van der Waals surface area contributed by atoms with Crippen LogP contribution in [0, 0.1) is 29.9 Å². The number of sulfonamides is 1. The number of nitro groups is 1. The van der Waals surface area contributed by atoms with Gasteiger partial charge in [-0.1, -0.05) is 31.5 Å². The highest BCUT2D eigenvalue weighted by Gasteiger charge is 2.27. The average molecular weight is 546 g/mol. The molecule has 38 heavy (non-hydrogen) atoms. The van der Waals surface area contributed by atoms with E-state index >= 15 is 0 Å². The van der Waals surface area contributed by atoms with Crippen LogP contribution in [0.2, 0.25) is 0 Å². The summed E-state index contributed by atoms with van der Waals surface area (Å²) in [6.07, 6.45) is 0. The Kier molecular flexibility index (Phi) is 9.20. The Morgan fingerprint density at radius 3 is 2.45 bits per heavy atom. The van der Waals surface area contributed by atoms with Gasteiger partial charge in [-0.2, -0.15) is 9.78 Å². The number of methoxy groups -OCH3 is 1. The first-order chi connectivity index (χ1) is 17.9. The minimum atomic E-state index is -4.23. The van der Waals surface area contributed by atoms with Gasteiger partial charge in [-0.25, -0.2) is 13.1 Å². The number of carbonyl (C=O) groups excluding carboxylic acids is 1. The lowest BCUT2D eigenvalue weighted by molar-refractivity contribution is -0.385. The van der Waals surface area contributed by atoms with Crippen molar-refractivity contribution in [3.05, 3.63) is 69.4 Å². The summed E-state index contributed by atoms with van der Waals surface area (Å²) < 4.78 is 40.9. The number of ether oxygens (including phenoxy) is 2. The molecular formula is C25H31N5O7S. The fourth-order valence-electron chi connectivity index (χ4n) is 3.42. The monoisotopic (exact) mass is 545 g/mol. The van der Waals surface area contributed by atoms with E-state index in [-0.39, 0.29) is 36.4 Å². The Hall–Kier alpha value is -3.81. The lowest BCUT2D eigenvalue weighted by Gasteiger charge is -2.14. The number of rotatable bonds is 12. The molecule has 204 valence electrons. The largest absolute Gasteiger partial charge is 0.437 e. The second kappa shape index (κ2) is 12.2. The summed E-state index contributed by atoms with van der Waals surface area (Å²) in [5.41, 5.74) is 1.61. The Bertz CT molecular complexity index is 1420. The van der Waals surface area contributed by atoms with Crippen LogP contribution in [0.1, 0.15) is 35.5 Å². The molecule has 0 saturated heterocycles. The molecule has 0 unspecified atom stereocenters. The van der Waals surface area contributed by atoms with Gasteiger partial charge in [-0.15, -0.1) is 0 Å². The molecule has 0 saturated carbocycles. The summed E-state index contributed by atoms with van der Waals surface area (Å²) >= 11 is 0. The van der Waals surface area contributed by atoms with Gasteiger partial charge in [0.2, 0.25) is 15.9 Å². The van der Waals surface area contributed by atoms with Crippen LogP contribution in [-0.2, 0) is 14.8 Å². The number of carbonyl (C=O) groups is 1. The number of hydrogen-bond acceptors (Lipinski definition) is 8. The third-order valence-corrected chi connectivity index (χ3v) is 6.95. The molecule has 0 fully saturated rings. The van der Waals surface area contributed by atoms with Crippen molar-refractivity contribution in [3.8, 4) is 17.3 Å². The minimum absolute atomic E-state index is 0.0541. The molecule has 3 rings (SSSR count). The van der Waals surface area contributed by atoms with Gasteiger partial charge in [0.25, 0.3) is 11.6 Å². The Morgan fingerprint density at radius 2 is 1.84 bits per heavy atom. The number of non-ortho nitro benzene ring substituents is 1. The van der Waals surface area contributed by atoms with E-state index in [0.717, 1.165) is 17.7 Å². The number of nitrogens with one attached hydrogen (secondary N) is 2. The highest BCUT2D eigenvalue weighted by atomic mass is 32.2. The van der Waals surface area contributed by atoms with E-state index in [1.54, 1.807) is 19.1 Å². The zero-order chi connectivity index (χ0) is 28.0. The highest BCUT2D eigenvalue weighted by molar-refractivity contribution is 7.89. The number of hydrogen-bond donors (Lipinski definition) is 2. The smallest absolute Gasteiger partial charge is 0.272 e. The van der Waals surface area contributed by atoms with E-state index in [2.05, 4.69) is 15.1 Å². The van der Waals surface area contributed by atoms with E-state index in [9.17, 15) is 23.3 Å². The normalized spacial score (nSPS) is 11.5. The van der Waals surface area contributed by atoms with Crippen molar-refractivity contribution in [3.63, 3.8) is 0 Å². The summed E-state index contributed by atoms with van der Waals surface area (Å²) in [6.45, 7) is 7.95. The molecule has 0 bridgehead atoms. The van der Waals surface area contributed by atoms with Crippen LogP contribution in [0.3, 0.4) is 0 Å². The first-order valence-corrected chi connectivity index (χ1v) is 13.3. The lowest BCUT2D eigenvalue weighted by atomic mass is 10.2. The summed E-state index contributed by atoms with van der Waals surface area (Å²) in [5, 5.41) is 18.7. The van der Waals surface area contributed by atoms with E-state index in [1.807, 2.05) is 32.9 Å². The molecule has 3 aromatic rings. The van der Waals surface area contributed by atoms with E-state index in [1.165, 1.54) is 17.9 Å². The molecule has 0 aliphatic carbocycles. The van der Waals surface area contributed by atoms with Crippen LogP contribution in [0.5, 0.6) is 11.6 Å². The van der Waals surface area contributed by atoms with Crippen molar-refractivity contribution in [1.82, 2.24) is 19.8 Å². The van der Waals surface area contributed by atoms with Crippen molar-refractivity contribution in [1.29, 1.82) is 0 Å². The predicted molar refractivity (Wildman–Crippen MR) is 140 cm³/mol. The molecule has 2 aromatic carbocycles. The second-order valence-corrected chi connectivity index (χ2v) is 10.7. The van der Waals surface area contributed by atoms with E-state index in [4.69, 9.17) is 9.47 Å². The number of aromatic nitrogens is 2. The van der Waals surface area contributed by atoms with Gasteiger partial charge >= 0.3 is 0 Å². The third-order valence-electron chi connectivity index (χ3n) is 5.47. The Balaban J connectivity index is 2.14. The topological polar surface area (TPSA) is 155 Å². The van der Waals surface area contributed by atoms with Crippen molar-refractivity contribution < 1.29 is 27.6 Å². The molecule has 0 spiro atoms. The molecule has 0 aliphatic rings. The van der Waals surface area contributed by atoms with Crippen LogP contribution < -0.4 is 14.8 Å². The number of benzene rings is 2. The minimum Gasteiger partial charge on any atom is -0.437 e. The fourth-order valence-corrected chi connectivity index (χ4v) is 4.58. The molecule has 1 aromatic heterocycles. The van der Waals surface area contributed by atoms with Gasteiger partial charge in [0.05, 0.1) is 17.2 Å². The van der Waals surface area contributed by atoms with Gasteiger partial charge in [0.1, 0.15) is 10.6 Å². The van der Waals surface area contributed by atoms with Crippen molar-refractivity contribution in [2.24, 2.45) is 5.92 Å². The van der Waals surface area contributed by atoms with Crippen LogP contribution in [-0.4, -0.2) is 55.8 Å². The van der Waals surface area contributed by atoms with Crippen LogP contribution >= 0.6 is 0 Å². The van der Waals surface area contributed by atoms with Crippen LogP contribution in [0.4, 0.5) is 5.69 Å². The molecule has 0 aliphatic heterocycles. The maximum absolute atomic E-state index is 13.1. The SMILES string of the molecule is COCCNS(=O)(=O)c1cc([N+](=O)[O-])ccc1Oc1c(C)c(C(=O)NCC(C)C)nn1-c1ccc(C)cc1. The summed E-state index contributed by atoms with van der Waals surface area (Å²) in [7, 11) is -2.81. The molecule has 0 atom stereocenters. The van der Waals surface area contributed by atoms with Crippen molar-refractivity contribution >= 4 is 21.6 Å². The number of nitro benzene ring substituents is 1. The first-order valence-electron chi connectivity index (χ1n) is 11.8. The van der Waals surface area contributed by atoms with Crippen molar-refractivity contribution in [2.45, 2.75) is 32.6 Å². The number of aryl methyl sites for hydroxylation is 1. The van der Waals surface area contributed by atoms with Crippen LogP contribution in [0.15, 0.2) is 47.4 Å². The molecular weight excluding hydrogens is 514 g/mol. The molecule has 2 N–H and O–H groups in total. The number of nitrogens with zero attached hydrogens (tertiary/aromatic N) is 3. The highest BCUT2D eigenvalue weighted by Crippen LogP contribution is 2.35. The Labute approximate surface area is 221 Å². The molecule has 0 radical (unpaired) electrons. The van der Waals surface area contributed by atoms with E-state index < -0.39 is 31.4 Å². The molecule has 13 heteroatoms. The maximum atomic E-state index is 13.1. The standard InChI is InChI=1S/C25H31N5O7S/c1-16(2)15-26-24(31)23-18(4)25(29(28-23)19-8-6-17(3)7-9-19)37-21-11-10-20(30(32)33)14-22(21)38(34,35)27-12-13-36-5/h6-11,14,16,27H,12-13,15H2,1-5H3,(H,26,31). The maximum Gasteiger partial charge on any atom is 0.272 e. The second-order valence-electron chi connectivity index (χ2n) is 9.01. The number of amides is 1. The quantitative estimate of drug-likeness (QED) is 0.199. The zero-order valence-corrected chi connectivity index (χ0v) is 22.7. The van der Waals surface area contributed by atoms with Crippen molar-refractivity contribution in [2.75, 3.05) is 26.8 Å². The van der Waals surface area contributed by atoms with E-state index in [0.29, 0.717) is 17.8 Å². The van der Waals surface area contributed by atoms with Crippen LogP contribution in [0.25, 0.3) is 5.69 Å². The summed E-state index contributed by atoms with van der Waals surface area (Å²) in [6, 6.07) is 10.5. The zero-order valence-electron chi connectivity index (χ0n) is 21.8. The lowest BCUT2D eigenvalue weighted by Crippen LogP contribution is -2.28. The average Bonchev–Trinajstić information content (AvgIpc) is 3.19. The predicted octanol–water partition coefficient (Wildman–Crippen LogP) is 3.50. The fraction of sp³-hybridized carbons (Fsp3) is 0.360.